The van der Waals surface area contributed by atoms with Gasteiger partial charge in [-0.05, 0) is 49.5 Å². The van der Waals surface area contributed by atoms with E-state index in [1.54, 1.807) is 0 Å². The van der Waals surface area contributed by atoms with Gasteiger partial charge in [-0.15, -0.1) is 0 Å². The number of hydrogen-bond acceptors (Lipinski definition) is 5. The summed E-state index contributed by atoms with van der Waals surface area (Å²) in [6.07, 6.45) is 1.28. The average molecular weight is 406 g/mol. The second kappa shape index (κ2) is 11.5. The number of nitrogens with zero attached hydrogens (tertiary/aromatic N) is 3. The van der Waals surface area contributed by atoms with Crippen molar-refractivity contribution >= 4 is 0 Å². The van der Waals surface area contributed by atoms with Crippen LogP contribution < -0.4 is 4.74 Å². The van der Waals surface area contributed by atoms with Crippen molar-refractivity contribution in [3.63, 3.8) is 0 Å². The maximum Gasteiger partial charge on any atom is 0.119 e. The van der Waals surface area contributed by atoms with Gasteiger partial charge < -0.3 is 9.84 Å². The first-order chi connectivity index (χ1) is 14.6. The van der Waals surface area contributed by atoms with Gasteiger partial charge in [-0.3, -0.25) is 14.8 Å². The molecule has 1 heterocycles. The van der Waals surface area contributed by atoms with Crippen LogP contribution in [0.15, 0.2) is 79.0 Å². The van der Waals surface area contributed by atoms with Gasteiger partial charge in [0.2, 0.25) is 0 Å². The lowest BCUT2D eigenvalue weighted by Gasteiger charge is -2.21. The monoisotopic (exact) mass is 405 g/mol. The fourth-order valence-electron chi connectivity index (χ4n) is 3.39. The van der Waals surface area contributed by atoms with Crippen LogP contribution in [0.25, 0.3) is 0 Å². The summed E-state index contributed by atoms with van der Waals surface area (Å²) in [5, 5.41) is 10.3. The Labute approximate surface area is 179 Å². The third kappa shape index (κ3) is 7.59. The van der Waals surface area contributed by atoms with Crippen LogP contribution in [0, 0.1) is 0 Å². The Bertz CT molecular complexity index is 857. The summed E-state index contributed by atoms with van der Waals surface area (Å²) in [5.41, 5.74) is 3.51. The number of ether oxygens (including phenoxy) is 1. The fraction of sp³-hybridized carbons (Fsp3) is 0.320. The number of aliphatic hydroxyl groups is 1. The van der Waals surface area contributed by atoms with E-state index in [1.807, 2.05) is 61.8 Å². The van der Waals surface area contributed by atoms with Gasteiger partial charge in [0.1, 0.15) is 18.5 Å². The molecule has 0 saturated carbocycles. The van der Waals surface area contributed by atoms with Crippen molar-refractivity contribution in [2.24, 2.45) is 0 Å². The maximum atomic E-state index is 10.3. The summed E-state index contributed by atoms with van der Waals surface area (Å²) < 4.78 is 5.77. The van der Waals surface area contributed by atoms with Crippen LogP contribution in [-0.2, 0) is 19.6 Å². The molecule has 5 nitrogen and oxygen atoms in total. The normalized spacial score (nSPS) is 12.3. The Morgan fingerprint density at radius 2 is 1.47 bits per heavy atom. The SMILES string of the molecule is CN(Cc1ccc(OC[C@@H](O)CN(C)Cc2ccccc2)cc1)Cc1ccccn1. The Morgan fingerprint density at radius 1 is 0.800 bits per heavy atom. The number of likely N-dealkylation sites (N-methyl/N-ethyl adjacent to an activating group) is 1. The number of pyridine rings is 1. The number of hydrogen-bond donors (Lipinski definition) is 1. The molecule has 0 aliphatic carbocycles. The smallest absolute Gasteiger partial charge is 0.119 e. The average Bonchev–Trinajstić information content (AvgIpc) is 2.74. The molecule has 0 aliphatic rings. The van der Waals surface area contributed by atoms with Crippen LogP contribution in [0.4, 0.5) is 0 Å². The zero-order valence-corrected chi connectivity index (χ0v) is 17.8. The van der Waals surface area contributed by atoms with Gasteiger partial charge in [-0.2, -0.15) is 0 Å². The van der Waals surface area contributed by atoms with Crippen molar-refractivity contribution in [1.82, 2.24) is 14.8 Å². The first kappa shape index (κ1) is 22.0. The zero-order chi connectivity index (χ0) is 21.2. The van der Waals surface area contributed by atoms with Crippen LogP contribution in [0.3, 0.4) is 0 Å². The highest BCUT2D eigenvalue weighted by Gasteiger charge is 2.10. The minimum Gasteiger partial charge on any atom is -0.491 e. The molecule has 30 heavy (non-hydrogen) atoms. The van der Waals surface area contributed by atoms with E-state index in [9.17, 15) is 5.11 Å². The maximum absolute atomic E-state index is 10.3. The molecule has 0 amide bonds. The van der Waals surface area contributed by atoms with E-state index < -0.39 is 6.10 Å². The molecule has 0 fully saturated rings. The molecule has 3 aromatic rings. The summed E-state index contributed by atoms with van der Waals surface area (Å²) in [6, 6.07) is 24.3. The third-order valence-corrected chi connectivity index (χ3v) is 4.79. The number of rotatable bonds is 11. The lowest BCUT2D eigenvalue weighted by Crippen LogP contribution is -2.32. The predicted octanol–water partition coefficient (Wildman–Crippen LogP) is 3.59. The van der Waals surface area contributed by atoms with Crippen molar-refractivity contribution in [3.05, 3.63) is 95.8 Å². The topological polar surface area (TPSA) is 48.8 Å². The van der Waals surface area contributed by atoms with Gasteiger partial charge in [0.05, 0.1) is 5.69 Å². The molecule has 0 radical (unpaired) electrons. The molecule has 0 saturated heterocycles. The van der Waals surface area contributed by atoms with Gasteiger partial charge >= 0.3 is 0 Å². The molecular weight excluding hydrogens is 374 g/mol. The van der Waals surface area contributed by atoms with Gasteiger partial charge in [0.15, 0.2) is 0 Å². The molecule has 5 heteroatoms. The minimum absolute atomic E-state index is 0.276. The Morgan fingerprint density at radius 3 is 2.17 bits per heavy atom. The molecule has 0 bridgehead atoms. The van der Waals surface area contributed by atoms with Crippen molar-refractivity contribution in [1.29, 1.82) is 0 Å². The van der Waals surface area contributed by atoms with Gasteiger partial charge in [0, 0.05) is 32.4 Å². The van der Waals surface area contributed by atoms with Gasteiger partial charge in [0.25, 0.3) is 0 Å². The second-order valence-corrected chi connectivity index (χ2v) is 7.78. The highest BCUT2D eigenvalue weighted by molar-refractivity contribution is 5.27. The van der Waals surface area contributed by atoms with Gasteiger partial charge in [-0.25, -0.2) is 0 Å². The molecule has 158 valence electrons. The van der Waals surface area contributed by atoms with Crippen LogP contribution >= 0.6 is 0 Å². The molecule has 1 N–H and O–H groups in total. The van der Waals surface area contributed by atoms with Crippen LogP contribution in [0.5, 0.6) is 5.75 Å². The Hall–Kier alpha value is -2.73. The van der Waals surface area contributed by atoms with Crippen molar-refractivity contribution in [3.8, 4) is 5.75 Å². The van der Waals surface area contributed by atoms with E-state index in [0.717, 1.165) is 31.1 Å². The van der Waals surface area contributed by atoms with E-state index >= 15 is 0 Å². The Balaban J connectivity index is 1.39. The molecule has 0 unspecified atom stereocenters. The Kier molecular flexibility index (Phi) is 8.39. The highest BCUT2D eigenvalue weighted by Crippen LogP contribution is 2.15. The number of benzene rings is 2. The molecule has 1 atom stereocenters. The van der Waals surface area contributed by atoms with Crippen molar-refractivity contribution in [2.75, 3.05) is 27.2 Å². The largest absolute Gasteiger partial charge is 0.491 e. The lowest BCUT2D eigenvalue weighted by atomic mass is 10.2. The number of aromatic nitrogens is 1. The van der Waals surface area contributed by atoms with Crippen LogP contribution in [-0.4, -0.2) is 53.2 Å². The first-order valence-corrected chi connectivity index (χ1v) is 10.3. The standard InChI is InChI=1S/C25H31N3O2/c1-27(18-23-10-6-7-15-26-23)17-22-11-13-25(14-12-22)30-20-24(29)19-28(2)16-21-8-4-3-5-9-21/h3-15,24,29H,16-20H2,1-2H3/t24-/m0/s1. The van der Waals surface area contributed by atoms with E-state index in [1.165, 1.54) is 11.1 Å². The number of aliphatic hydroxyl groups excluding tert-OH is 1. The predicted molar refractivity (Wildman–Crippen MR) is 120 cm³/mol. The highest BCUT2D eigenvalue weighted by atomic mass is 16.5. The molecule has 2 aromatic carbocycles. The molecule has 0 aliphatic heterocycles. The third-order valence-electron chi connectivity index (χ3n) is 4.79. The van der Waals surface area contributed by atoms with Gasteiger partial charge in [-0.1, -0.05) is 48.5 Å². The molecular formula is C25H31N3O2. The minimum atomic E-state index is -0.539. The van der Waals surface area contributed by atoms with Crippen molar-refractivity contribution in [2.45, 2.75) is 25.7 Å². The lowest BCUT2D eigenvalue weighted by molar-refractivity contribution is 0.0744. The summed E-state index contributed by atoms with van der Waals surface area (Å²) in [7, 11) is 4.09. The molecule has 1 aromatic heterocycles. The fourth-order valence-corrected chi connectivity index (χ4v) is 3.39. The molecule has 0 spiro atoms. The van der Waals surface area contributed by atoms with E-state index in [-0.39, 0.29) is 6.61 Å². The van der Waals surface area contributed by atoms with E-state index in [0.29, 0.717) is 6.54 Å². The summed E-state index contributed by atoms with van der Waals surface area (Å²) in [4.78, 5) is 8.70. The summed E-state index contributed by atoms with van der Waals surface area (Å²) in [6.45, 7) is 3.29. The summed E-state index contributed by atoms with van der Waals surface area (Å²) >= 11 is 0. The quantitative estimate of drug-likeness (QED) is 0.528. The van der Waals surface area contributed by atoms with Crippen LogP contribution in [0.1, 0.15) is 16.8 Å². The zero-order valence-electron chi connectivity index (χ0n) is 17.8. The van der Waals surface area contributed by atoms with Crippen molar-refractivity contribution < 1.29 is 9.84 Å². The first-order valence-electron chi connectivity index (χ1n) is 10.3. The summed E-state index contributed by atoms with van der Waals surface area (Å²) in [5.74, 6) is 0.774. The van der Waals surface area contributed by atoms with E-state index in [4.69, 9.17) is 4.74 Å². The van der Waals surface area contributed by atoms with E-state index in [2.05, 4.69) is 46.1 Å². The second-order valence-electron chi connectivity index (χ2n) is 7.78. The van der Waals surface area contributed by atoms with Crippen LogP contribution in [0.2, 0.25) is 0 Å². The molecule has 3 rings (SSSR count).